The Hall–Kier alpha value is -1.34. The highest BCUT2D eigenvalue weighted by molar-refractivity contribution is 5.93. The number of aryl methyl sites for hydroxylation is 2. The summed E-state index contributed by atoms with van der Waals surface area (Å²) in [6, 6.07) is 10.9. The van der Waals surface area contributed by atoms with Gasteiger partial charge in [0.15, 0.2) is 0 Å². The van der Waals surface area contributed by atoms with Gasteiger partial charge in [-0.25, -0.2) is 0 Å². The van der Waals surface area contributed by atoms with Crippen molar-refractivity contribution in [2.24, 2.45) is 5.92 Å². The molecule has 92 valence electrons. The third kappa shape index (κ3) is 1.31. The van der Waals surface area contributed by atoms with Gasteiger partial charge in [-0.2, -0.15) is 0 Å². The fourth-order valence-corrected chi connectivity index (χ4v) is 3.55. The lowest BCUT2D eigenvalue weighted by Crippen LogP contribution is -2.24. The zero-order valence-corrected chi connectivity index (χ0v) is 10.7. The second kappa shape index (κ2) is 3.36. The molecule has 2 aliphatic rings. The summed E-state index contributed by atoms with van der Waals surface area (Å²) in [6.07, 6.45) is 4.63. The van der Waals surface area contributed by atoms with E-state index in [9.17, 15) is 5.11 Å². The number of hydrogen-bond donors (Lipinski definition) is 1. The van der Waals surface area contributed by atoms with Gasteiger partial charge in [0, 0.05) is 0 Å². The van der Waals surface area contributed by atoms with E-state index in [-0.39, 0.29) is 0 Å². The van der Waals surface area contributed by atoms with Crippen molar-refractivity contribution in [1.29, 1.82) is 0 Å². The molecule has 0 aliphatic heterocycles. The summed E-state index contributed by atoms with van der Waals surface area (Å²) in [5.74, 6) is 0.455. The van der Waals surface area contributed by atoms with E-state index in [1.807, 2.05) is 6.92 Å². The summed E-state index contributed by atoms with van der Waals surface area (Å²) in [4.78, 5) is 0. The summed E-state index contributed by atoms with van der Waals surface area (Å²) in [6.45, 7) is 1.99. The Labute approximate surface area is 107 Å². The topological polar surface area (TPSA) is 20.2 Å². The first-order valence-electron chi connectivity index (χ1n) is 6.94. The SMILES string of the molecule is CC(O)(c1ccc2c3c(cccc13)CC2)C1CC1. The molecule has 2 aliphatic carbocycles. The molecular weight excluding hydrogens is 220 g/mol. The molecule has 0 bridgehead atoms. The minimum Gasteiger partial charge on any atom is -0.385 e. The summed E-state index contributed by atoms with van der Waals surface area (Å²) >= 11 is 0. The van der Waals surface area contributed by atoms with Crippen LogP contribution in [-0.4, -0.2) is 5.11 Å². The lowest BCUT2D eigenvalue weighted by atomic mass is 9.86. The average molecular weight is 238 g/mol. The van der Waals surface area contributed by atoms with Gasteiger partial charge in [0.1, 0.15) is 0 Å². The maximum Gasteiger partial charge on any atom is 0.0902 e. The standard InChI is InChI=1S/C17H18O/c1-17(18,13-8-9-13)15-10-7-12-6-5-11-3-2-4-14(15)16(11)12/h2-4,7,10,13,18H,5-6,8-9H2,1H3. The van der Waals surface area contributed by atoms with Crippen LogP contribution in [-0.2, 0) is 18.4 Å². The van der Waals surface area contributed by atoms with Crippen molar-refractivity contribution in [2.45, 2.75) is 38.2 Å². The second-order valence-corrected chi connectivity index (χ2v) is 6.03. The zero-order chi connectivity index (χ0) is 12.3. The molecule has 4 rings (SSSR count). The van der Waals surface area contributed by atoms with Crippen molar-refractivity contribution in [3.63, 3.8) is 0 Å². The van der Waals surface area contributed by atoms with Gasteiger partial charge in [-0.05, 0) is 66.0 Å². The maximum atomic E-state index is 10.8. The van der Waals surface area contributed by atoms with Crippen molar-refractivity contribution in [3.05, 3.63) is 47.0 Å². The summed E-state index contributed by atoms with van der Waals surface area (Å²) in [5.41, 5.74) is 3.39. The molecule has 0 saturated heterocycles. The van der Waals surface area contributed by atoms with Crippen molar-refractivity contribution in [3.8, 4) is 0 Å². The lowest BCUT2D eigenvalue weighted by Gasteiger charge is -2.25. The van der Waals surface area contributed by atoms with Crippen LogP contribution in [0.4, 0.5) is 0 Å². The molecule has 18 heavy (non-hydrogen) atoms. The Bertz CT molecular complexity index is 625. The molecular formula is C17H18O. The summed E-state index contributed by atoms with van der Waals surface area (Å²) in [7, 11) is 0. The van der Waals surface area contributed by atoms with E-state index >= 15 is 0 Å². The normalized spacial score (nSPS) is 21.2. The highest BCUT2D eigenvalue weighted by Gasteiger charge is 2.42. The third-order valence-corrected chi connectivity index (χ3v) is 4.79. The number of hydrogen-bond acceptors (Lipinski definition) is 1. The van der Waals surface area contributed by atoms with Gasteiger partial charge in [-0.3, -0.25) is 0 Å². The van der Waals surface area contributed by atoms with Crippen molar-refractivity contribution in [1.82, 2.24) is 0 Å². The second-order valence-electron chi connectivity index (χ2n) is 6.03. The van der Waals surface area contributed by atoms with E-state index < -0.39 is 5.60 Å². The molecule has 1 saturated carbocycles. The van der Waals surface area contributed by atoms with Crippen molar-refractivity contribution in [2.75, 3.05) is 0 Å². The first kappa shape index (κ1) is 10.6. The number of aliphatic hydroxyl groups is 1. The van der Waals surface area contributed by atoms with Gasteiger partial charge in [-0.15, -0.1) is 0 Å². The minimum absolute atomic E-state index is 0.455. The zero-order valence-electron chi connectivity index (χ0n) is 10.7. The Balaban J connectivity index is 2.03. The van der Waals surface area contributed by atoms with E-state index in [0.717, 1.165) is 31.2 Å². The number of benzene rings is 2. The fourth-order valence-electron chi connectivity index (χ4n) is 3.55. The van der Waals surface area contributed by atoms with Gasteiger partial charge in [-0.1, -0.05) is 30.3 Å². The van der Waals surface area contributed by atoms with Crippen molar-refractivity contribution < 1.29 is 5.11 Å². The van der Waals surface area contributed by atoms with Crippen LogP contribution in [0.3, 0.4) is 0 Å². The monoisotopic (exact) mass is 238 g/mol. The molecule has 0 heterocycles. The molecule has 1 nitrogen and oxygen atoms in total. The van der Waals surface area contributed by atoms with Crippen LogP contribution in [0.2, 0.25) is 0 Å². The van der Waals surface area contributed by atoms with E-state index in [1.54, 1.807) is 0 Å². The summed E-state index contributed by atoms with van der Waals surface area (Å²) in [5, 5.41) is 13.5. The highest BCUT2D eigenvalue weighted by Crippen LogP contribution is 2.48. The average Bonchev–Trinajstić information content (AvgIpc) is 3.14. The van der Waals surface area contributed by atoms with Crippen LogP contribution in [0.25, 0.3) is 10.8 Å². The first-order valence-corrected chi connectivity index (χ1v) is 6.94. The quantitative estimate of drug-likeness (QED) is 0.848. The van der Waals surface area contributed by atoms with Crippen LogP contribution < -0.4 is 0 Å². The lowest BCUT2D eigenvalue weighted by molar-refractivity contribution is 0.0346. The van der Waals surface area contributed by atoms with E-state index in [0.29, 0.717) is 5.92 Å². The minimum atomic E-state index is -0.653. The molecule has 2 aromatic carbocycles. The van der Waals surface area contributed by atoms with Gasteiger partial charge in [0.25, 0.3) is 0 Å². The van der Waals surface area contributed by atoms with Gasteiger partial charge in [0.05, 0.1) is 5.60 Å². The Morgan fingerprint density at radius 2 is 1.78 bits per heavy atom. The summed E-state index contributed by atoms with van der Waals surface area (Å²) < 4.78 is 0. The highest BCUT2D eigenvalue weighted by atomic mass is 16.3. The van der Waals surface area contributed by atoms with Crippen LogP contribution in [0.15, 0.2) is 30.3 Å². The van der Waals surface area contributed by atoms with Crippen LogP contribution >= 0.6 is 0 Å². The Morgan fingerprint density at radius 1 is 1.06 bits per heavy atom. The van der Waals surface area contributed by atoms with Gasteiger partial charge >= 0.3 is 0 Å². The number of rotatable bonds is 2. The smallest absolute Gasteiger partial charge is 0.0902 e. The predicted molar refractivity (Wildman–Crippen MR) is 73.7 cm³/mol. The molecule has 1 N–H and O–H groups in total. The van der Waals surface area contributed by atoms with Crippen LogP contribution in [0.1, 0.15) is 36.5 Å². The van der Waals surface area contributed by atoms with Crippen LogP contribution in [0.5, 0.6) is 0 Å². The fraction of sp³-hybridized carbons (Fsp3) is 0.412. The maximum absolute atomic E-state index is 10.8. The van der Waals surface area contributed by atoms with E-state index in [4.69, 9.17) is 0 Å². The van der Waals surface area contributed by atoms with Gasteiger partial charge in [0.2, 0.25) is 0 Å². The first-order chi connectivity index (χ1) is 8.68. The Kier molecular flexibility index (Phi) is 1.97. The van der Waals surface area contributed by atoms with Crippen molar-refractivity contribution >= 4 is 10.8 Å². The third-order valence-electron chi connectivity index (χ3n) is 4.79. The molecule has 0 amide bonds. The predicted octanol–water partition coefficient (Wildman–Crippen LogP) is 3.56. The molecule has 1 atom stereocenters. The van der Waals surface area contributed by atoms with E-state index in [1.165, 1.54) is 21.9 Å². The van der Waals surface area contributed by atoms with E-state index in [2.05, 4.69) is 30.3 Å². The molecule has 1 fully saturated rings. The Morgan fingerprint density at radius 3 is 2.50 bits per heavy atom. The molecule has 0 aromatic heterocycles. The molecule has 1 heteroatoms. The molecule has 1 unspecified atom stereocenters. The van der Waals surface area contributed by atoms with Gasteiger partial charge < -0.3 is 5.11 Å². The molecule has 0 spiro atoms. The van der Waals surface area contributed by atoms with Crippen LogP contribution in [0, 0.1) is 5.92 Å². The molecule has 2 aromatic rings. The molecule has 0 radical (unpaired) electrons. The largest absolute Gasteiger partial charge is 0.385 e.